The Kier molecular flexibility index (Phi) is 7.29. The maximum atomic E-state index is 13.3. The van der Waals surface area contributed by atoms with E-state index in [-0.39, 0.29) is 10.8 Å². The van der Waals surface area contributed by atoms with Gasteiger partial charge in [-0.2, -0.15) is 8.42 Å². The van der Waals surface area contributed by atoms with Crippen molar-refractivity contribution in [3.63, 3.8) is 0 Å². The molecule has 5 heteroatoms. The molecule has 0 amide bonds. The van der Waals surface area contributed by atoms with Crippen molar-refractivity contribution in [1.82, 2.24) is 4.90 Å². The number of benzene rings is 4. The van der Waals surface area contributed by atoms with Gasteiger partial charge < -0.3 is 0 Å². The molecule has 0 N–H and O–H groups in total. The Morgan fingerprint density at radius 1 is 0.730 bits per heavy atom. The summed E-state index contributed by atoms with van der Waals surface area (Å²) in [7, 11) is -3.90. The molecule has 0 radical (unpaired) electrons. The third-order valence-electron chi connectivity index (χ3n) is 7.50. The lowest BCUT2D eigenvalue weighted by molar-refractivity contribution is 0.0138. The van der Waals surface area contributed by atoms with E-state index < -0.39 is 21.8 Å². The highest BCUT2D eigenvalue weighted by Gasteiger charge is 2.46. The van der Waals surface area contributed by atoms with Crippen LogP contribution in [0.3, 0.4) is 0 Å². The van der Waals surface area contributed by atoms with Gasteiger partial charge in [-0.3, -0.25) is 9.08 Å². The van der Waals surface area contributed by atoms with Gasteiger partial charge in [0.25, 0.3) is 10.1 Å². The summed E-state index contributed by atoms with van der Waals surface area (Å²) in [6.07, 6.45) is 0.345. The van der Waals surface area contributed by atoms with Crippen molar-refractivity contribution < 1.29 is 12.6 Å². The molecule has 0 aliphatic carbocycles. The molecule has 0 bridgehead atoms. The van der Waals surface area contributed by atoms with Crippen LogP contribution < -0.4 is 0 Å². The van der Waals surface area contributed by atoms with Gasteiger partial charge in [0.1, 0.15) is 0 Å². The first kappa shape index (κ1) is 25.4. The highest BCUT2D eigenvalue weighted by molar-refractivity contribution is 7.86. The molecule has 4 aromatic rings. The van der Waals surface area contributed by atoms with Crippen LogP contribution in [0.5, 0.6) is 0 Å². The second-order valence-electron chi connectivity index (χ2n) is 9.92. The van der Waals surface area contributed by atoms with Gasteiger partial charge in [0.2, 0.25) is 0 Å². The summed E-state index contributed by atoms with van der Waals surface area (Å²) in [5.74, 6) is 0.0940. The number of hydrogen-bond acceptors (Lipinski definition) is 4. The molecule has 0 saturated carbocycles. The van der Waals surface area contributed by atoms with Crippen molar-refractivity contribution in [2.24, 2.45) is 5.92 Å². The molecule has 1 fully saturated rings. The van der Waals surface area contributed by atoms with E-state index in [9.17, 15) is 8.42 Å². The first-order valence-electron chi connectivity index (χ1n) is 12.8. The molecule has 2 atom stereocenters. The minimum atomic E-state index is -3.90. The molecule has 0 aromatic heterocycles. The Morgan fingerprint density at radius 2 is 1.19 bits per heavy atom. The van der Waals surface area contributed by atoms with Gasteiger partial charge in [0.05, 0.1) is 16.5 Å². The smallest absolute Gasteiger partial charge is 0.283 e. The van der Waals surface area contributed by atoms with Gasteiger partial charge in [-0.1, -0.05) is 116 Å². The summed E-state index contributed by atoms with van der Waals surface area (Å²) in [6, 6.07) is 38.3. The first-order valence-corrected chi connectivity index (χ1v) is 14.2. The fraction of sp³-hybridized carbons (Fsp3) is 0.250. The molecule has 4 aromatic carbocycles. The van der Waals surface area contributed by atoms with Crippen LogP contribution in [0.4, 0.5) is 0 Å². The lowest BCUT2D eigenvalue weighted by atomic mass is 9.74. The van der Waals surface area contributed by atoms with Crippen molar-refractivity contribution in [1.29, 1.82) is 0 Å². The summed E-state index contributed by atoms with van der Waals surface area (Å²) in [5, 5.41) is 0. The van der Waals surface area contributed by atoms with Gasteiger partial charge in [-0.15, -0.1) is 0 Å². The Bertz CT molecular complexity index is 1310. The number of rotatable bonds is 7. The summed E-state index contributed by atoms with van der Waals surface area (Å²) in [6.45, 7) is 5.31. The van der Waals surface area contributed by atoms with E-state index >= 15 is 0 Å². The average Bonchev–Trinajstić information content (AvgIpc) is 2.93. The summed E-state index contributed by atoms with van der Waals surface area (Å²) in [5.41, 5.74) is 3.83. The third-order valence-corrected chi connectivity index (χ3v) is 8.85. The maximum Gasteiger partial charge on any atom is 0.297 e. The van der Waals surface area contributed by atoms with Crippen molar-refractivity contribution in [2.75, 3.05) is 13.1 Å². The second kappa shape index (κ2) is 10.6. The molecule has 4 nitrogen and oxygen atoms in total. The Balaban J connectivity index is 1.60. The molecule has 0 spiro atoms. The fourth-order valence-corrected chi connectivity index (χ4v) is 6.63. The van der Waals surface area contributed by atoms with Crippen molar-refractivity contribution >= 4 is 10.1 Å². The van der Waals surface area contributed by atoms with Gasteiger partial charge in [-0.25, -0.2) is 0 Å². The predicted octanol–water partition coefficient (Wildman–Crippen LogP) is 6.40. The second-order valence-corrected chi connectivity index (χ2v) is 11.5. The van der Waals surface area contributed by atoms with E-state index in [0.29, 0.717) is 6.54 Å². The summed E-state index contributed by atoms with van der Waals surface area (Å²) >= 11 is 0. The molecule has 37 heavy (non-hydrogen) atoms. The normalized spacial score (nSPS) is 19.0. The number of likely N-dealkylation sites (tertiary alicyclic amines) is 1. The van der Waals surface area contributed by atoms with Crippen molar-refractivity contribution in [2.45, 2.75) is 36.8 Å². The molecule has 1 aliphatic rings. The van der Waals surface area contributed by atoms with Gasteiger partial charge in [0, 0.05) is 13.1 Å². The highest BCUT2D eigenvalue weighted by Crippen LogP contribution is 2.44. The van der Waals surface area contributed by atoms with Crippen molar-refractivity contribution in [3.8, 4) is 0 Å². The number of hydrogen-bond donors (Lipinski definition) is 0. The highest BCUT2D eigenvalue weighted by atomic mass is 32.2. The van der Waals surface area contributed by atoms with Gasteiger partial charge in [0.15, 0.2) is 0 Å². The maximum absolute atomic E-state index is 13.3. The largest absolute Gasteiger partial charge is 0.297 e. The molecule has 1 saturated heterocycles. The van der Waals surface area contributed by atoms with E-state index in [1.807, 2.05) is 25.1 Å². The summed E-state index contributed by atoms with van der Waals surface area (Å²) < 4.78 is 32.5. The number of nitrogens with zero attached hydrogens (tertiary/aromatic N) is 1. The van der Waals surface area contributed by atoms with Gasteiger partial charge in [-0.05, 0) is 48.1 Å². The Hall–Kier alpha value is -3.25. The number of piperidine rings is 1. The standard InChI is InChI=1S/C32H33NO3S/c1-25-18-20-30(21-19-25)37(34,35)36-31-24-33(23-22-26(31)2)32(27-12-6-3-7-13-27,28-14-8-4-9-15-28)29-16-10-5-11-17-29/h3-21,26,31H,22-24H2,1-2H3. The SMILES string of the molecule is Cc1ccc(S(=O)(=O)OC2CN(C(c3ccccc3)(c3ccccc3)c3ccccc3)CCC2C)cc1. The topological polar surface area (TPSA) is 46.6 Å². The van der Waals surface area contributed by atoms with E-state index in [0.717, 1.165) is 35.2 Å². The first-order chi connectivity index (χ1) is 17.9. The van der Waals surface area contributed by atoms with E-state index in [1.54, 1.807) is 24.3 Å². The zero-order chi connectivity index (χ0) is 25.9. The minimum absolute atomic E-state index is 0.0940. The minimum Gasteiger partial charge on any atom is -0.283 e. The monoisotopic (exact) mass is 511 g/mol. The molecule has 2 unspecified atom stereocenters. The summed E-state index contributed by atoms with van der Waals surface area (Å²) in [4.78, 5) is 2.60. The lowest BCUT2D eigenvalue weighted by Crippen LogP contribution is -2.56. The molecule has 5 rings (SSSR count). The van der Waals surface area contributed by atoms with Crippen LogP contribution in [0.2, 0.25) is 0 Å². The fourth-order valence-electron chi connectivity index (χ4n) is 5.47. The van der Waals surface area contributed by atoms with Crippen LogP contribution in [-0.2, 0) is 19.8 Å². The average molecular weight is 512 g/mol. The Morgan fingerprint density at radius 3 is 1.65 bits per heavy atom. The van der Waals surface area contributed by atoms with E-state index in [1.165, 1.54) is 0 Å². The predicted molar refractivity (Wildman–Crippen MR) is 148 cm³/mol. The van der Waals surface area contributed by atoms with Gasteiger partial charge >= 0.3 is 0 Å². The van der Waals surface area contributed by atoms with Crippen LogP contribution in [0, 0.1) is 12.8 Å². The van der Waals surface area contributed by atoms with Crippen LogP contribution in [-0.4, -0.2) is 32.5 Å². The zero-order valence-corrected chi connectivity index (χ0v) is 22.1. The van der Waals surface area contributed by atoms with Crippen LogP contribution >= 0.6 is 0 Å². The van der Waals surface area contributed by atoms with E-state index in [4.69, 9.17) is 4.18 Å². The number of aryl methyl sites for hydroxylation is 1. The van der Waals surface area contributed by atoms with Crippen LogP contribution in [0.25, 0.3) is 0 Å². The van der Waals surface area contributed by atoms with Crippen molar-refractivity contribution in [3.05, 3.63) is 138 Å². The quantitative estimate of drug-likeness (QED) is 0.213. The molecule has 1 aliphatic heterocycles. The third kappa shape index (κ3) is 4.99. The zero-order valence-electron chi connectivity index (χ0n) is 21.3. The molecule has 190 valence electrons. The molecule has 1 heterocycles. The van der Waals surface area contributed by atoms with Crippen LogP contribution in [0.1, 0.15) is 35.6 Å². The Labute approximate surface area is 220 Å². The lowest BCUT2D eigenvalue weighted by Gasteiger charge is -2.50. The molecular formula is C32H33NO3S. The van der Waals surface area contributed by atoms with Crippen LogP contribution in [0.15, 0.2) is 120 Å². The molecular weight excluding hydrogens is 478 g/mol. The van der Waals surface area contributed by atoms with E-state index in [2.05, 4.69) is 84.6 Å².